The largest absolute Gasteiger partial charge is 0.416 e. The Hall–Kier alpha value is -3.20. The zero-order chi connectivity index (χ0) is 18.6. The van der Waals surface area contributed by atoms with Gasteiger partial charge in [-0.3, -0.25) is 0 Å². The molecule has 134 valence electrons. The third-order valence-electron chi connectivity index (χ3n) is 5.00. The van der Waals surface area contributed by atoms with Crippen LogP contribution >= 0.6 is 0 Å². The second kappa shape index (κ2) is 7.58. The highest BCUT2D eigenvalue weighted by atomic mass is 16.4. The maximum absolute atomic E-state index is 5.91. The smallest absolute Gasteiger partial charge is 0.248 e. The van der Waals surface area contributed by atoms with E-state index in [-0.39, 0.29) is 0 Å². The molecule has 1 atom stereocenters. The van der Waals surface area contributed by atoms with Crippen molar-refractivity contribution in [2.24, 2.45) is 0 Å². The van der Waals surface area contributed by atoms with E-state index in [1.54, 1.807) is 0 Å². The molecule has 0 N–H and O–H groups in total. The number of rotatable bonds is 5. The van der Waals surface area contributed by atoms with Crippen molar-refractivity contribution >= 4 is 0 Å². The van der Waals surface area contributed by atoms with Crippen molar-refractivity contribution in [3.8, 4) is 34.0 Å². The summed E-state index contributed by atoms with van der Waals surface area (Å²) in [5.74, 6) is 1.64. The molecular formula is C24H22N2O. The van der Waals surface area contributed by atoms with E-state index in [2.05, 4.69) is 72.6 Å². The predicted octanol–water partition coefficient (Wildman–Crippen LogP) is 6.58. The van der Waals surface area contributed by atoms with E-state index < -0.39 is 0 Å². The maximum atomic E-state index is 5.91. The SMILES string of the molecule is CCC(C)c1ccc(-c2nnc(-c3ccc(-c4ccccc4)cc3)o2)cc1. The fourth-order valence-corrected chi connectivity index (χ4v) is 3.08. The molecule has 3 aromatic carbocycles. The van der Waals surface area contributed by atoms with Crippen molar-refractivity contribution < 1.29 is 4.42 Å². The van der Waals surface area contributed by atoms with E-state index in [0.29, 0.717) is 17.7 Å². The van der Waals surface area contributed by atoms with Crippen molar-refractivity contribution in [3.63, 3.8) is 0 Å². The van der Waals surface area contributed by atoms with Crippen LogP contribution in [-0.2, 0) is 0 Å². The molecule has 0 radical (unpaired) electrons. The second-order valence-corrected chi connectivity index (χ2v) is 6.79. The molecule has 3 nitrogen and oxygen atoms in total. The summed E-state index contributed by atoms with van der Waals surface area (Å²) < 4.78 is 5.91. The summed E-state index contributed by atoms with van der Waals surface area (Å²) in [5, 5.41) is 8.44. The normalized spacial score (nSPS) is 12.1. The molecule has 4 rings (SSSR count). The first-order chi connectivity index (χ1) is 13.2. The fourth-order valence-electron chi connectivity index (χ4n) is 3.08. The van der Waals surface area contributed by atoms with E-state index in [9.17, 15) is 0 Å². The lowest BCUT2D eigenvalue weighted by Crippen LogP contribution is -1.90. The van der Waals surface area contributed by atoms with Crippen molar-refractivity contribution in [2.45, 2.75) is 26.2 Å². The van der Waals surface area contributed by atoms with Crippen LogP contribution in [0.4, 0.5) is 0 Å². The zero-order valence-corrected chi connectivity index (χ0v) is 15.6. The van der Waals surface area contributed by atoms with Gasteiger partial charge in [-0.2, -0.15) is 0 Å². The van der Waals surface area contributed by atoms with Crippen LogP contribution in [0.5, 0.6) is 0 Å². The van der Waals surface area contributed by atoms with Gasteiger partial charge in [0.15, 0.2) is 0 Å². The van der Waals surface area contributed by atoms with Crippen LogP contribution < -0.4 is 0 Å². The van der Waals surface area contributed by atoms with E-state index >= 15 is 0 Å². The van der Waals surface area contributed by atoms with Gasteiger partial charge in [0, 0.05) is 11.1 Å². The zero-order valence-electron chi connectivity index (χ0n) is 15.6. The first-order valence-electron chi connectivity index (χ1n) is 9.34. The van der Waals surface area contributed by atoms with Crippen LogP contribution in [0, 0.1) is 0 Å². The van der Waals surface area contributed by atoms with E-state index in [1.807, 2.05) is 30.3 Å². The Morgan fingerprint density at radius 1 is 0.667 bits per heavy atom. The highest BCUT2D eigenvalue weighted by Crippen LogP contribution is 2.28. The molecule has 0 saturated heterocycles. The quantitative estimate of drug-likeness (QED) is 0.406. The third kappa shape index (κ3) is 3.68. The number of benzene rings is 3. The lowest BCUT2D eigenvalue weighted by atomic mass is 9.98. The van der Waals surface area contributed by atoms with Crippen LogP contribution in [0.15, 0.2) is 83.3 Å². The molecule has 0 fully saturated rings. The molecule has 27 heavy (non-hydrogen) atoms. The molecule has 0 aliphatic carbocycles. The number of aromatic nitrogens is 2. The first-order valence-corrected chi connectivity index (χ1v) is 9.34. The summed E-state index contributed by atoms with van der Waals surface area (Å²) in [6.45, 7) is 4.44. The standard InChI is InChI=1S/C24H22N2O/c1-3-17(2)18-9-13-21(14-10-18)23-25-26-24(27-23)22-15-11-20(12-16-22)19-7-5-4-6-8-19/h4-17H,3H2,1-2H3. The first kappa shape index (κ1) is 17.2. The summed E-state index contributed by atoms with van der Waals surface area (Å²) in [4.78, 5) is 0. The summed E-state index contributed by atoms with van der Waals surface area (Å²) in [6.07, 6.45) is 1.13. The predicted molar refractivity (Wildman–Crippen MR) is 109 cm³/mol. The Balaban J connectivity index is 1.55. The Kier molecular flexibility index (Phi) is 4.84. The van der Waals surface area contributed by atoms with Gasteiger partial charge >= 0.3 is 0 Å². The lowest BCUT2D eigenvalue weighted by molar-refractivity contribution is 0.584. The van der Waals surface area contributed by atoms with Crippen molar-refractivity contribution in [3.05, 3.63) is 84.4 Å². The molecule has 1 unspecified atom stereocenters. The molecule has 0 saturated carbocycles. The monoisotopic (exact) mass is 354 g/mol. The van der Waals surface area contributed by atoms with Crippen LogP contribution in [-0.4, -0.2) is 10.2 Å². The number of nitrogens with zero attached hydrogens (tertiary/aromatic N) is 2. The van der Waals surface area contributed by atoms with Gasteiger partial charge in [-0.1, -0.05) is 68.4 Å². The van der Waals surface area contributed by atoms with Crippen molar-refractivity contribution in [2.75, 3.05) is 0 Å². The maximum Gasteiger partial charge on any atom is 0.248 e. The van der Waals surface area contributed by atoms with Gasteiger partial charge in [0.25, 0.3) is 0 Å². The van der Waals surface area contributed by atoms with Gasteiger partial charge in [-0.25, -0.2) is 0 Å². The Labute approximate surface area is 159 Å². The van der Waals surface area contributed by atoms with Crippen LogP contribution in [0.3, 0.4) is 0 Å². The summed E-state index contributed by atoms with van der Waals surface area (Å²) >= 11 is 0. The molecule has 0 aliphatic heterocycles. The van der Waals surface area contributed by atoms with Crippen LogP contribution in [0.25, 0.3) is 34.0 Å². The van der Waals surface area contributed by atoms with Gasteiger partial charge in [-0.05, 0) is 53.3 Å². The molecule has 3 heteroatoms. The third-order valence-corrected chi connectivity index (χ3v) is 5.00. The molecule has 1 heterocycles. The van der Waals surface area contributed by atoms with Crippen LogP contribution in [0.1, 0.15) is 31.7 Å². The number of hydrogen-bond donors (Lipinski definition) is 0. The topological polar surface area (TPSA) is 38.9 Å². The van der Waals surface area contributed by atoms with Gasteiger partial charge < -0.3 is 4.42 Å². The van der Waals surface area contributed by atoms with Gasteiger partial charge in [-0.15, -0.1) is 10.2 Å². The number of hydrogen-bond acceptors (Lipinski definition) is 3. The highest BCUT2D eigenvalue weighted by Gasteiger charge is 2.11. The van der Waals surface area contributed by atoms with E-state index in [1.165, 1.54) is 16.7 Å². The summed E-state index contributed by atoms with van der Waals surface area (Å²) in [7, 11) is 0. The minimum absolute atomic E-state index is 0.538. The fraction of sp³-hybridized carbons (Fsp3) is 0.167. The van der Waals surface area contributed by atoms with E-state index in [4.69, 9.17) is 4.42 Å². The molecule has 0 aliphatic rings. The summed E-state index contributed by atoms with van der Waals surface area (Å²) in [5.41, 5.74) is 5.56. The van der Waals surface area contributed by atoms with Crippen LogP contribution in [0.2, 0.25) is 0 Å². The summed E-state index contributed by atoms with van der Waals surface area (Å²) in [6, 6.07) is 26.9. The highest BCUT2D eigenvalue weighted by molar-refractivity contribution is 5.67. The Bertz CT molecular complexity index is 1000. The minimum Gasteiger partial charge on any atom is -0.416 e. The molecular weight excluding hydrogens is 332 g/mol. The average Bonchev–Trinajstić information content (AvgIpc) is 3.24. The second-order valence-electron chi connectivity index (χ2n) is 6.79. The Morgan fingerprint density at radius 2 is 1.15 bits per heavy atom. The van der Waals surface area contributed by atoms with Gasteiger partial charge in [0.1, 0.15) is 0 Å². The molecule has 0 amide bonds. The minimum atomic E-state index is 0.538. The molecule has 0 bridgehead atoms. The molecule has 0 spiro atoms. The molecule has 1 aromatic heterocycles. The Morgan fingerprint density at radius 3 is 1.70 bits per heavy atom. The van der Waals surface area contributed by atoms with Gasteiger partial charge in [0.2, 0.25) is 11.8 Å². The van der Waals surface area contributed by atoms with Crippen molar-refractivity contribution in [1.82, 2.24) is 10.2 Å². The van der Waals surface area contributed by atoms with Crippen molar-refractivity contribution in [1.29, 1.82) is 0 Å². The lowest BCUT2D eigenvalue weighted by Gasteiger charge is -2.08. The average molecular weight is 354 g/mol. The van der Waals surface area contributed by atoms with Gasteiger partial charge in [0.05, 0.1) is 0 Å². The molecule has 4 aromatic rings. The van der Waals surface area contributed by atoms with E-state index in [0.717, 1.165) is 17.5 Å².